The second-order valence-corrected chi connectivity index (χ2v) is 8.75. The molecule has 0 radical (unpaired) electrons. The van der Waals surface area contributed by atoms with E-state index in [2.05, 4.69) is 17.2 Å². The van der Waals surface area contributed by atoms with Gasteiger partial charge in [0.05, 0.1) is 19.2 Å². The van der Waals surface area contributed by atoms with Crippen LogP contribution in [0.1, 0.15) is 38.3 Å². The van der Waals surface area contributed by atoms with Crippen LogP contribution in [0, 0.1) is 0 Å². The Morgan fingerprint density at radius 2 is 1.93 bits per heavy atom. The first-order valence-corrected chi connectivity index (χ1v) is 10.1. The highest BCUT2D eigenvalue weighted by Crippen LogP contribution is 2.32. The summed E-state index contributed by atoms with van der Waals surface area (Å²) in [5, 5.41) is 8.49. The van der Waals surface area contributed by atoms with Crippen LogP contribution in [-0.4, -0.2) is 47.1 Å². The Bertz CT molecular complexity index is 635. The maximum absolute atomic E-state index is 12.5. The minimum Gasteiger partial charge on any atom is -0.494 e. The molecule has 0 saturated carbocycles. The lowest BCUT2D eigenvalue weighted by atomic mass is 9.99. The minimum atomic E-state index is -1.65. The first-order chi connectivity index (χ1) is 12.9. The van der Waals surface area contributed by atoms with Gasteiger partial charge in [-0.1, -0.05) is 60.8 Å². The van der Waals surface area contributed by atoms with Crippen molar-refractivity contribution in [2.24, 2.45) is 10.2 Å². The van der Waals surface area contributed by atoms with E-state index >= 15 is 0 Å². The van der Waals surface area contributed by atoms with Crippen LogP contribution in [-0.2, 0) is 4.74 Å². The molecular weight excluding hydrogens is 413 g/mol. The first kappa shape index (κ1) is 22.1. The summed E-state index contributed by atoms with van der Waals surface area (Å²) in [6, 6.07) is 7.20. The zero-order valence-corrected chi connectivity index (χ0v) is 17.7. The molecule has 0 bridgehead atoms. The molecule has 1 aliphatic rings. The third-order valence-corrected chi connectivity index (χ3v) is 4.32. The van der Waals surface area contributed by atoms with Crippen LogP contribution >= 0.6 is 34.8 Å². The topological polar surface area (TPSA) is 63.5 Å². The summed E-state index contributed by atoms with van der Waals surface area (Å²) in [6.45, 7) is 5.30. The van der Waals surface area contributed by atoms with Gasteiger partial charge in [0, 0.05) is 6.54 Å². The Morgan fingerprint density at radius 3 is 2.52 bits per heavy atom. The minimum absolute atomic E-state index is 0.241. The molecule has 0 fully saturated rings. The van der Waals surface area contributed by atoms with Gasteiger partial charge in [0.2, 0.25) is 3.79 Å². The number of halogens is 3. The molecule has 1 heterocycles. The van der Waals surface area contributed by atoms with Crippen LogP contribution < -0.4 is 4.74 Å². The fraction of sp³-hybridized carbons (Fsp3) is 0.611. The molecule has 9 heteroatoms. The molecule has 2 rings (SSSR count). The molecule has 0 spiro atoms. The summed E-state index contributed by atoms with van der Waals surface area (Å²) in [5.41, 5.74) is 0.959. The summed E-state index contributed by atoms with van der Waals surface area (Å²) in [6.07, 6.45) is 1.17. The van der Waals surface area contributed by atoms with Gasteiger partial charge in [-0.15, -0.1) is 0 Å². The Kier molecular flexibility index (Phi) is 8.45. The number of carbonyl (C=O) groups is 1. The third-order valence-electron chi connectivity index (χ3n) is 3.99. The van der Waals surface area contributed by atoms with Gasteiger partial charge in [0.25, 0.3) is 0 Å². The van der Waals surface area contributed by atoms with E-state index in [-0.39, 0.29) is 18.7 Å². The lowest BCUT2D eigenvalue weighted by Crippen LogP contribution is -2.45. The van der Waals surface area contributed by atoms with Gasteiger partial charge >= 0.3 is 6.09 Å². The lowest BCUT2D eigenvalue weighted by Gasteiger charge is -2.30. The normalized spacial score (nSPS) is 19.1. The Balaban J connectivity index is 2.10. The molecule has 2 atom stereocenters. The van der Waals surface area contributed by atoms with Crippen molar-refractivity contribution in [2.45, 2.75) is 42.6 Å². The number of amides is 1. The van der Waals surface area contributed by atoms with Crippen LogP contribution in [0.5, 0.6) is 5.75 Å². The van der Waals surface area contributed by atoms with E-state index in [0.717, 1.165) is 24.2 Å². The van der Waals surface area contributed by atoms with Crippen molar-refractivity contribution < 1.29 is 14.3 Å². The number of alkyl halides is 3. The molecule has 2 unspecified atom stereocenters. The van der Waals surface area contributed by atoms with Crippen LogP contribution in [0.25, 0.3) is 0 Å². The molecule has 150 valence electrons. The van der Waals surface area contributed by atoms with Gasteiger partial charge in [-0.3, -0.25) is 0 Å². The van der Waals surface area contributed by atoms with Crippen LogP contribution in [0.15, 0.2) is 34.5 Å². The Labute approximate surface area is 174 Å². The molecule has 1 aromatic carbocycles. The second kappa shape index (κ2) is 10.3. The molecule has 1 amide bonds. The van der Waals surface area contributed by atoms with E-state index in [9.17, 15) is 4.79 Å². The number of carbonyl (C=O) groups excluding carboxylic acids is 1. The number of benzene rings is 1. The summed E-state index contributed by atoms with van der Waals surface area (Å²) in [5.74, 6) is 0.805. The SMILES string of the molecule is CCCOc1ccc(C2N=NCC2N(CCC)C(=O)OCC(Cl)(Cl)Cl)cc1. The summed E-state index contributed by atoms with van der Waals surface area (Å²) < 4.78 is 9.13. The predicted octanol–water partition coefficient (Wildman–Crippen LogP) is 5.57. The molecule has 1 aromatic rings. The second-order valence-electron chi connectivity index (χ2n) is 6.23. The van der Waals surface area contributed by atoms with Gasteiger partial charge < -0.3 is 14.4 Å². The molecule has 6 nitrogen and oxygen atoms in total. The molecule has 0 saturated heterocycles. The van der Waals surface area contributed by atoms with Gasteiger partial charge in [-0.25, -0.2) is 4.79 Å². The fourth-order valence-corrected chi connectivity index (χ4v) is 2.96. The highest BCUT2D eigenvalue weighted by molar-refractivity contribution is 6.67. The standard InChI is InChI=1S/C18H24Cl3N3O3/c1-3-9-24(17(25)27-12-18(19,20)21)15-11-22-23-16(15)13-5-7-14(8-6-13)26-10-4-2/h5-8,15-16H,3-4,9-12H2,1-2H3. The monoisotopic (exact) mass is 435 g/mol. The maximum Gasteiger partial charge on any atom is 0.410 e. The highest BCUT2D eigenvalue weighted by Gasteiger charge is 2.36. The van der Waals surface area contributed by atoms with E-state index in [1.54, 1.807) is 4.90 Å². The number of nitrogens with zero attached hydrogens (tertiary/aromatic N) is 3. The van der Waals surface area contributed by atoms with E-state index in [1.807, 2.05) is 31.2 Å². The summed E-state index contributed by atoms with van der Waals surface area (Å²) >= 11 is 17.0. The van der Waals surface area contributed by atoms with Crippen LogP contribution in [0.4, 0.5) is 4.79 Å². The van der Waals surface area contributed by atoms with Crippen LogP contribution in [0.2, 0.25) is 0 Å². The molecule has 27 heavy (non-hydrogen) atoms. The highest BCUT2D eigenvalue weighted by atomic mass is 35.6. The molecular formula is C18H24Cl3N3O3. The van der Waals surface area contributed by atoms with Crippen molar-refractivity contribution in [1.82, 2.24) is 4.90 Å². The number of ether oxygens (including phenoxy) is 2. The Hall–Kier alpha value is -1.24. The van der Waals surface area contributed by atoms with Crippen molar-refractivity contribution in [1.29, 1.82) is 0 Å². The number of azo groups is 1. The smallest absolute Gasteiger partial charge is 0.410 e. The third kappa shape index (κ3) is 6.70. The van der Waals surface area contributed by atoms with E-state index in [0.29, 0.717) is 19.7 Å². The number of rotatable bonds is 8. The van der Waals surface area contributed by atoms with E-state index in [1.165, 1.54) is 0 Å². The quantitative estimate of drug-likeness (QED) is 0.500. The van der Waals surface area contributed by atoms with E-state index in [4.69, 9.17) is 44.3 Å². The van der Waals surface area contributed by atoms with Gasteiger partial charge in [-0.05, 0) is 30.5 Å². The van der Waals surface area contributed by atoms with Crippen molar-refractivity contribution in [3.8, 4) is 5.75 Å². The molecule has 0 N–H and O–H groups in total. The largest absolute Gasteiger partial charge is 0.494 e. The first-order valence-electron chi connectivity index (χ1n) is 8.95. The van der Waals surface area contributed by atoms with Gasteiger partial charge in [0.1, 0.15) is 18.4 Å². The number of hydrogen-bond donors (Lipinski definition) is 0. The summed E-state index contributed by atoms with van der Waals surface area (Å²) in [7, 11) is 0. The molecule has 1 aliphatic heterocycles. The maximum atomic E-state index is 12.5. The van der Waals surface area contributed by atoms with Crippen molar-refractivity contribution in [3.05, 3.63) is 29.8 Å². The molecule has 0 aromatic heterocycles. The predicted molar refractivity (Wildman–Crippen MR) is 107 cm³/mol. The average Bonchev–Trinajstić information content (AvgIpc) is 3.11. The van der Waals surface area contributed by atoms with Crippen molar-refractivity contribution >= 4 is 40.9 Å². The van der Waals surface area contributed by atoms with E-state index < -0.39 is 9.89 Å². The average molecular weight is 437 g/mol. The lowest BCUT2D eigenvalue weighted by molar-refractivity contribution is 0.0863. The molecule has 0 aliphatic carbocycles. The fourth-order valence-electron chi connectivity index (χ4n) is 2.79. The number of hydrogen-bond acceptors (Lipinski definition) is 5. The van der Waals surface area contributed by atoms with Crippen molar-refractivity contribution in [3.63, 3.8) is 0 Å². The van der Waals surface area contributed by atoms with Crippen LogP contribution in [0.3, 0.4) is 0 Å². The summed E-state index contributed by atoms with van der Waals surface area (Å²) in [4.78, 5) is 14.2. The van der Waals surface area contributed by atoms with Crippen molar-refractivity contribution in [2.75, 3.05) is 26.3 Å². The Morgan fingerprint density at radius 1 is 1.22 bits per heavy atom. The zero-order chi connectivity index (χ0) is 19.9. The zero-order valence-electron chi connectivity index (χ0n) is 15.4. The van der Waals surface area contributed by atoms with Gasteiger partial charge in [-0.2, -0.15) is 10.2 Å². The van der Waals surface area contributed by atoms with Gasteiger partial charge in [0.15, 0.2) is 0 Å².